The second-order valence-corrected chi connectivity index (χ2v) is 10.7. The summed E-state index contributed by atoms with van der Waals surface area (Å²) in [7, 11) is 0. The van der Waals surface area contributed by atoms with Crippen molar-refractivity contribution in [1.29, 1.82) is 0 Å². The van der Waals surface area contributed by atoms with Crippen LogP contribution in [0.1, 0.15) is 43.0 Å². The van der Waals surface area contributed by atoms with E-state index in [2.05, 4.69) is 90.1 Å². The van der Waals surface area contributed by atoms with Crippen LogP contribution in [0.25, 0.3) is 55.5 Å². The minimum atomic E-state index is -0.00105. The molecule has 3 nitrogen and oxygen atoms in total. The molecule has 6 aromatic rings. The first-order valence-corrected chi connectivity index (χ1v) is 12.1. The van der Waals surface area contributed by atoms with Gasteiger partial charge in [0.2, 0.25) is 0 Å². The van der Waals surface area contributed by atoms with Crippen LogP contribution in [0.15, 0.2) is 75.7 Å². The van der Waals surface area contributed by atoms with Crippen molar-refractivity contribution in [3.8, 4) is 22.6 Å². The van der Waals surface area contributed by atoms with Gasteiger partial charge in [-0.3, -0.25) is 4.98 Å². The van der Waals surface area contributed by atoms with Crippen LogP contribution in [0.3, 0.4) is 0 Å². The highest BCUT2D eigenvalue weighted by Gasteiger charge is 2.22. The van der Waals surface area contributed by atoms with E-state index in [-0.39, 0.29) is 5.41 Å². The second-order valence-electron chi connectivity index (χ2n) is 10.7. The molecular weight excluding hydrogens is 430 g/mol. The van der Waals surface area contributed by atoms with Gasteiger partial charge in [-0.1, -0.05) is 62.7 Å². The maximum Gasteiger partial charge on any atom is 0.181 e. The predicted molar refractivity (Wildman–Crippen MR) is 145 cm³/mol. The minimum Gasteiger partial charge on any atom is -0.452 e. The molecule has 0 unspecified atom stereocenters. The lowest BCUT2D eigenvalue weighted by atomic mass is 9.82. The van der Waals surface area contributed by atoms with E-state index in [1.807, 2.05) is 18.3 Å². The van der Waals surface area contributed by atoms with Crippen LogP contribution in [0, 0.1) is 20.8 Å². The first kappa shape index (κ1) is 21.7. The van der Waals surface area contributed by atoms with Crippen LogP contribution < -0.4 is 0 Å². The smallest absolute Gasteiger partial charge is 0.181 e. The summed E-state index contributed by atoms with van der Waals surface area (Å²) in [6, 6.07) is 21.4. The lowest BCUT2D eigenvalue weighted by Crippen LogP contribution is -2.12. The van der Waals surface area contributed by atoms with Gasteiger partial charge in [-0.15, -0.1) is 0 Å². The van der Waals surface area contributed by atoms with Crippen molar-refractivity contribution in [1.82, 2.24) is 4.98 Å². The summed E-state index contributed by atoms with van der Waals surface area (Å²) in [6.07, 6.45) is 1.85. The van der Waals surface area contributed by atoms with Gasteiger partial charge < -0.3 is 8.83 Å². The van der Waals surface area contributed by atoms with E-state index in [0.717, 1.165) is 44.7 Å². The monoisotopic (exact) mass is 459 g/mol. The van der Waals surface area contributed by atoms with Crippen molar-refractivity contribution >= 4 is 32.9 Å². The highest BCUT2D eigenvalue weighted by molar-refractivity contribution is 6.07. The van der Waals surface area contributed by atoms with E-state index in [1.165, 1.54) is 33.0 Å². The number of aryl methyl sites for hydroxylation is 3. The number of hydrogen-bond donors (Lipinski definition) is 0. The highest BCUT2D eigenvalue weighted by atomic mass is 16.4. The van der Waals surface area contributed by atoms with E-state index >= 15 is 0 Å². The summed E-state index contributed by atoms with van der Waals surface area (Å²) in [5.74, 6) is 0.842. The SMILES string of the molecule is Cc1cc(C)c(-c2cc3oc4c(-c5cc(C(C)(C)C)c6ccccc6c5)nccc4c3o2)c(C)c1. The standard InChI is InChI=1S/C32H29NO2/c1-18-13-19(2)28(20(3)14-18)26-17-27-30(34-26)24-11-12-33-29(31(24)35-27)22-15-21-9-7-8-10-23(21)25(16-22)32(4,5)6/h7-17H,1-6H3. The zero-order valence-corrected chi connectivity index (χ0v) is 21.1. The molecule has 0 atom stereocenters. The molecule has 3 heteroatoms. The Kier molecular flexibility index (Phi) is 4.69. The van der Waals surface area contributed by atoms with Gasteiger partial charge in [0.05, 0.1) is 5.39 Å². The van der Waals surface area contributed by atoms with Crippen molar-refractivity contribution in [3.63, 3.8) is 0 Å². The largest absolute Gasteiger partial charge is 0.452 e. The first-order chi connectivity index (χ1) is 16.7. The average Bonchev–Trinajstić information content (AvgIpc) is 3.35. The molecule has 35 heavy (non-hydrogen) atoms. The number of aromatic nitrogens is 1. The number of benzene rings is 3. The quantitative estimate of drug-likeness (QED) is 0.259. The topological polar surface area (TPSA) is 39.2 Å². The number of rotatable bonds is 2. The van der Waals surface area contributed by atoms with Crippen molar-refractivity contribution in [2.75, 3.05) is 0 Å². The van der Waals surface area contributed by atoms with E-state index < -0.39 is 0 Å². The Morgan fingerprint density at radius 1 is 0.743 bits per heavy atom. The average molecular weight is 460 g/mol. The fourth-order valence-electron chi connectivity index (χ4n) is 5.44. The highest BCUT2D eigenvalue weighted by Crippen LogP contribution is 2.41. The van der Waals surface area contributed by atoms with Crippen LogP contribution >= 0.6 is 0 Å². The van der Waals surface area contributed by atoms with Gasteiger partial charge in [-0.05, 0) is 71.8 Å². The number of furan rings is 2. The molecule has 3 aromatic carbocycles. The fourth-order valence-corrected chi connectivity index (χ4v) is 5.44. The third-order valence-corrected chi connectivity index (χ3v) is 6.93. The molecule has 0 fully saturated rings. The Hall–Kier alpha value is -3.85. The molecule has 0 saturated carbocycles. The van der Waals surface area contributed by atoms with Crippen molar-refractivity contribution in [2.45, 2.75) is 47.0 Å². The van der Waals surface area contributed by atoms with Gasteiger partial charge >= 0.3 is 0 Å². The maximum absolute atomic E-state index is 6.43. The molecule has 0 spiro atoms. The molecule has 0 amide bonds. The van der Waals surface area contributed by atoms with Gasteiger partial charge in [-0.2, -0.15) is 0 Å². The Labute approximate surface area is 205 Å². The van der Waals surface area contributed by atoms with Gasteiger partial charge in [0.15, 0.2) is 16.7 Å². The molecule has 3 aromatic heterocycles. The molecule has 0 aliphatic carbocycles. The lowest BCUT2D eigenvalue weighted by molar-refractivity contribution is 0.596. The Morgan fingerprint density at radius 2 is 1.49 bits per heavy atom. The van der Waals surface area contributed by atoms with Crippen LogP contribution in [0.2, 0.25) is 0 Å². The number of pyridine rings is 1. The third kappa shape index (κ3) is 3.46. The molecule has 174 valence electrons. The zero-order chi connectivity index (χ0) is 24.5. The van der Waals surface area contributed by atoms with Crippen LogP contribution in [0.4, 0.5) is 0 Å². The molecule has 0 radical (unpaired) electrons. The Bertz CT molecular complexity index is 1740. The third-order valence-electron chi connectivity index (χ3n) is 6.93. The molecule has 0 saturated heterocycles. The summed E-state index contributed by atoms with van der Waals surface area (Å²) < 4.78 is 12.9. The number of nitrogens with zero attached hydrogens (tertiary/aromatic N) is 1. The number of hydrogen-bond acceptors (Lipinski definition) is 3. The van der Waals surface area contributed by atoms with Gasteiger partial charge in [-0.25, -0.2) is 0 Å². The van der Waals surface area contributed by atoms with E-state index in [9.17, 15) is 0 Å². The van der Waals surface area contributed by atoms with E-state index in [1.54, 1.807) is 0 Å². The maximum atomic E-state index is 6.43. The predicted octanol–water partition coefficient (Wildman–Crippen LogP) is 9.28. The second kappa shape index (κ2) is 7.58. The molecule has 3 heterocycles. The van der Waals surface area contributed by atoms with Crippen LogP contribution in [0.5, 0.6) is 0 Å². The van der Waals surface area contributed by atoms with Gasteiger partial charge in [0.1, 0.15) is 11.5 Å². The number of fused-ring (bicyclic) bond motifs is 4. The van der Waals surface area contributed by atoms with E-state index in [0.29, 0.717) is 0 Å². The zero-order valence-electron chi connectivity index (χ0n) is 21.1. The minimum absolute atomic E-state index is 0.00105. The van der Waals surface area contributed by atoms with Gasteiger partial charge in [0.25, 0.3) is 0 Å². The summed E-state index contributed by atoms with van der Waals surface area (Å²) in [6.45, 7) is 13.1. The van der Waals surface area contributed by atoms with Crippen LogP contribution in [-0.2, 0) is 5.41 Å². The Morgan fingerprint density at radius 3 is 2.23 bits per heavy atom. The molecule has 0 N–H and O–H groups in total. The summed E-state index contributed by atoms with van der Waals surface area (Å²) in [5.41, 5.74) is 10.3. The summed E-state index contributed by atoms with van der Waals surface area (Å²) >= 11 is 0. The van der Waals surface area contributed by atoms with Gasteiger partial charge in [0, 0.05) is 23.4 Å². The lowest BCUT2D eigenvalue weighted by Gasteiger charge is -2.22. The molecule has 0 bridgehead atoms. The van der Waals surface area contributed by atoms with Crippen molar-refractivity contribution < 1.29 is 8.83 Å². The fraction of sp³-hybridized carbons (Fsp3) is 0.219. The van der Waals surface area contributed by atoms with E-state index in [4.69, 9.17) is 13.8 Å². The molecule has 0 aliphatic heterocycles. The normalized spacial score (nSPS) is 12.3. The summed E-state index contributed by atoms with van der Waals surface area (Å²) in [4.78, 5) is 4.77. The van der Waals surface area contributed by atoms with Crippen LogP contribution in [-0.4, -0.2) is 4.98 Å². The molecule has 6 rings (SSSR count). The van der Waals surface area contributed by atoms with Crippen molar-refractivity contribution in [3.05, 3.63) is 89.1 Å². The molecule has 0 aliphatic rings. The molecular formula is C32H29NO2. The Balaban J connectivity index is 1.57. The summed E-state index contributed by atoms with van der Waals surface area (Å²) in [5, 5.41) is 3.43. The van der Waals surface area contributed by atoms with Crippen molar-refractivity contribution in [2.24, 2.45) is 0 Å². The first-order valence-electron chi connectivity index (χ1n) is 12.1.